The number of H-pyrrole nitrogens is 1. The number of halogens is 1. The lowest BCUT2D eigenvalue weighted by molar-refractivity contribution is 0.0518. The standard InChI is InChI=1S/C19H17ClN4O3/c20-14-4-1-3-13(11-14)17-15(12-21-22-17)18(25)23-6-8-24(9-7-23)19(26)16-5-2-10-27-16/h1-5,10-12H,6-9H2,(H,21,22). The van der Waals surface area contributed by atoms with E-state index >= 15 is 0 Å². The Kier molecular flexibility index (Phi) is 4.68. The van der Waals surface area contributed by atoms with E-state index in [9.17, 15) is 9.59 Å². The summed E-state index contributed by atoms with van der Waals surface area (Å²) in [5, 5.41) is 7.50. The lowest BCUT2D eigenvalue weighted by Gasteiger charge is -2.34. The van der Waals surface area contributed by atoms with E-state index in [4.69, 9.17) is 16.0 Å². The zero-order chi connectivity index (χ0) is 18.8. The number of furan rings is 1. The Balaban J connectivity index is 1.46. The van der Waals surface area contributed by atoms with Crippen molar-refractivity contribution in [2.45, 2.75) is 0 Å². The number of amides is 2. The van der Waals surface area contributed by atoms with Crippen molar-refractivity contribution in [3.63, 3.8) is 0 Å². The highest BCUT2D eigenvalue weighted by Gasteiger charge is 2.28. The first-order chi connectivity index (χ1) is 13.1. The average Bonchev–Trinajstić information content (AvgIpc) is 3.39. The van der Waals surface area contributed by atoms with Crippen LogP contribution in [0.2, 0.25) is 5.02 Å². The smallest absolute Gasteiger partial charge is 0.289 e. The van der Waals surface area contributed by atoms with Crippen molar-refractivity contribution in [2.24, 2.45) is 0 Å². The topological polar surface area (TPSA) is 82.4 Å². The van der Waals surface area contributed by atoms with Gasteiger partial charge in [-0.25, -0.2) is 0 Å². The Bertz CT molecular complexity index is 959. The molecule has 0 aliphatic carbocycles. The monoisotopic (exact) mass is 384 g/mol. The number of aromatic amines is 1. The van der Waals surface area contributed by atoms with E-state index in [0.29, 0.717) is 48.2 Å². The van der Waals surface area contributed by atoms with Gasteiger partial charge < -0.3 is 14.2 Å². The number of carbonyl (C=O) groups excluding carboxylic acids is 2. The van der Waals surface area contributed by atoms with Crippen LogP contribution >= 0.6 is 11.6 Å². The fraction of sp³-hybridized carbons (Fsp3) is 0.211. The van der Waals surface area contributed by atoms with Gasteiger partial charge in [0, 0.05) is 36.8 Å². The van der Waals surface area contributed by atoms with Crippen LogP contribution in [0.25, 0.3) is 11.3 Å². The van der Waals surface area contributed by atoms with Gasteiger partial charge in [0.15, 0.2) is 5.76 Å². The van der Waals surface area contributed by atoms with Gasteiger partial charge in [-0.2, -0.15) is 5.10 Å². The van der Waals surface area contributed by atoms with Gasteiger partial charge in [0.2, 0.25) is 0 Å². The molecule has 1 fully saturated rings. The van der Waals surface area contributed by atoms with E-state index in [1.54, 1.807) is 34.1 Å². The van der Waals surface area contributed by atoms with Crippen molar-refractivity contribution >= 4 is 23.4 Å². The zero-order valence-electron chi connectivity index (χ0n) is 14.4. The number of hydrogen-bond donors (Lipinski definition) is 1. The molecule has 1 saturated heterocycles. The molecule has 0 radical (unpaired) electrons. The minimum Gasteiger partial charge on any atom is -0.459 e. The number of nitrogens with zero attached hydrogens (tertiary/aromatic N) is 3. The lowest BCUT2D eigenvalue weighted by atomic mass is 10.1. The molecule has 1 aliphatic heterocycles. The molecule has 0 unspecified atom stereocenters. The summed E-state index contributed by atoms with van der Waals surface area (Å²) in [6.45, 7) is 1.81. The van der Waals surface area contributed by atoms with E-state index in [1.807, 2.05) is 12.1 Å². The SMILES string of the molecule is O=C(c1ccco1)N1CCN(C(=O)c2cn[nH]c2-c2cccc(Cl)c2)CC1. The second-order valence-electron chi connectivity index (χ2n) is 6.23. The van der Waals surface area contributed by atoms with Crippen LogP contribution in [0.3, 0.4) is 0 Å². The number of hydrogen-bond acceptors (Lipinski definition) is 4. The van der Waals surface area contributed by atoms with E-state index in [1.165, 1.54) is 12.5 Å². The first-order valence-electron chi connectivity index (χ1n) is 8.55. The van der Waals surface area contributed by atoms with Crippen molar-refractivity contribution in [3.8, 4) is 11.3 Å². The largest absolute Gasteiger partial charge is 0.459 e. The molecule has 2 amide bonds. The first-order valence-corrected chi connectivity index (χ1v) is 8.92. The van der Waals surface area contributed by atoms with Crippen molar-refractivity contribution in [1.82, 2.24) is 20.0 Å². The maximum Gasteiger partial charge on any atom is 0.289 e. The van der Waals surface area contributed by atoms with Gasteiger partial charge in [0.1, 0.15) is 0 Å². The van der Waals surface area contributed by atoms with Gasteiger partial charge in [-0.1, -0.05) is 23.7 Å². The molecular formula is C19H17ClN4O3. The van der Waals surface area contributed by atoms with Crippen molar-refractivity contribution in [1.29, 1.82) is 0 Å². The Morgan fingerprint density at radius 1 is 1.04 bits per heavy atom. The molecule has 27 heavy (non-hydrogen) atoms. The predicted molar refractivity (Wildman–Crippen MR) is 99.5 cm³/mol. The number of carbonyl (C=O) groups is 2. The molecule has 1 N–H and O–H groups in total. The summed E-state index contributed by atoms with van der Waals surface area (Å²) >= 11 is 6.06. The van der Waals surface area contributed by atoms with Gasteiger partial charge in [-0.15, -0.1) is 0 Å². The Hall–Kier alpha value is -3.06. The zero-order valence-corrected chi connectivity index (χ0v) is 15.1. The molecule has 0 spiro atoms. The van der Waals surface area contributed by atoms with Crippen LogP contribution in [0.4, 0.5) is 0 Å². The number of rotatable bonds is 3. The molecular weight excluding hydrogens is 368 g/mol. The maximum absolute atomic E-state index is 13.0. The first kappa shape index (κ1) is 17.4. The van der Waals surface area contributed by atoms with Crippen LogP contribution < -0.4 is 0 Å². The van der Waals surface area contributed by atoms with Crippen molar-refractivity contribution in [3.05, 3.63) is 65.2 Å². The van der Waals surface area contributed by atoms with E-state index in [2.05, 4.69) is 10.2 Å². The van der Waals surface area contributed by atoms with Crippen LogP contribution in [-0.2, 0) is 0 Å². The second kappa shape index (κ2) is 7.28. The summed E-state index contributed by atoms with van der Waals surface area (Å²) in [4.78, 5) is 28.7. The third kappa shape index (κ3) is 3.46. The summed E-state index contributed by atoms with van der Waals surface area (Å²) in [7, 11) is 0. The number of piperazine rings is 1. The lowest BCUT2D eigenvalue weighted by Crippen LogP contribution is -2.50. The molecule has 8 heteroatoms. The Morgan fingerprint density at radius 3 is 2.44 bits per heavy atom. The maximum atomic E-state index is 13.0. The van der Waals surface area contributed by atoms with Crippen molar-refractivity contribution < 1.29 is 14.0 Å². The van der Waals surface area contributed by atoms with E-state index < -0.39 is 0 Å². The highest BCUT2D eigenvalue weighted by Crippen LogP contribution is 2.25. The van der Waals surface area contributed by atoms with E-state index in [0.717, 1.165) is 5.56 Å². The molecule has 0 bridgehead atoms. The second-order valence-corrected chi connectivity index (χ2v) is 6.67. The van der Waals surface area contributed by atoms with Crippen LogP contribution in [0, 0.1) is 0 Å². The highest BCUT2D eigenvalue weighted by atomic mass is 35.5. The third-order valence-corrected chi connectivity index (χ3v) is 4.80. The molecule has 0 saturated carbocycles. The van der Waals surface area contributed by atoms with Crippen LogP contribution in [0.1, 0.15) is 20.9 Å². The summed E-state index contributed by atoms with van der Waals surface area (Å²) < 4.78 is 5.16. The summed E-state index contributed by atoms with van der Waals surface area (Å²) in [6, 6.07) is 10.6. The van der Waals surface area contributed by atoms with E-state index in [-0.39, 0.29) is 11.8 Å². The van der Waals surface area contributed by atoms with Gasteiger partial charge in [-0.05, 0) is 24.3 Å². The highest BCUT2D eigenvalue weighted by molar-refractivity contribution is 6.30. The minimum absolute atomic E-state index is 0.121. The Labute approximate surface area is 160 Å². The molecule has 3 heterocycles. The van der Waals surface area contributed by atoms with Crippen LogP contribution in [-0.4, -0.2) is 58.0 Å². The molecule has 4 rings (SSSR count). The Morgan fingerprint density at radius 2 is 1.78 bits per heavy atom. The van der Waals surface area contributed by atoms with Gasteiger partial charge in [0.25, 0.3) is 11.8 Å². The van der Waals surface area contributed by atoms with Crippen molar-refractivity contribution in [2.75, 3.05) is 26.2 Å². The predicted octanol–water partition coefficient (Wildman–Crippen LogP) is 2.92. The van der Waals surface area contributed by atoms with Crippen LogP contribution in [0.15, 0.2) is 53.3 Å². The molecule has 7 nitrogen and oxygen atoms in total. The number of aromatic nitrogens is 2. The molecule has 1 aliphatic rings. The third-order valence-electron chi connectivity index (χ3n) is 4.57. The number of benzene rings is 1. The molecule has 3 aromatic rings. The summed E-state index contributed by atoms with van der Waals surface area (Å²) in [5.74, 6) is 0.0340. The average molecular weight is 385 g/mol. The molecule has 0 atom stereocenters. The minimum atomic E-state index is -0.157. The fourth-order valence-electron chi connectivity index (χ4n) is 3.15. The van der Waals surface area contributed by atoms with Crippen LogP contribution in [0.5, 0.6) is 0 Å². The fourth-order valence-corrected chi connectivity index (χ4v) is 3.34. The van der Waals surface area contributed by atoms with Gasteiger partial charge in [0.05, 0.1) is 23.7 Å². The van der Waals surface area contributed by atoms with Gasteiger partial charge in [-0.3, -0.25) is 14.7 Å². The molecule has 2 aromatic heterocycles. The molecule has 138 valence electrons. The molecule has 1 aromatic carbocycles. The number of nitrogens with one attached hydrogen (secondary N) is 1. The van der Waals surface area contributed by atoms with Gasteiger partial charge >= 0.3 is 0 Å². The summed E-state index contributed by atoms with van der Waals surface area (Å²) in [6.07, 6.45) is 3.00. The summed E-state index contributed by atoms with van der Waals surface area (Å²) in [5.41, 5.74) is 1.93. The quantitative estimate of drug-likeness (QED) is 0.752. The normalized spacial score (nSPS) is 14.4.